The minimum Gasteiger partial charge on any atom is -0.459 e. The van der Waals surface area contributed by atoms with Crippen LogP contribution in [0.5, 0.6) is 0 Å². The molecule has 0 aromatic heterocycles. The first-order valence-electron chi connectivity index (χ1n) is 11.5. The van der Waals surface area contributed by atoms with Crippen LogP contribution in [0.15, 0.2) is 23.8 Å². The van der Waals surface area contributed by atoms with Crippen molar-refractivity contribution in [2.24, 2.45) is 28.6 Å². The highest BCUT2D eigenvalue weighted by molar-refractivity contribution is 6.01. The van der Waals surface area contributed by atoms with Gasteiger partial charge in [-0.15, -0.1) is 0 Å². The number of Topliss-reactive ketones (excluding diaryl/α,β-unsaturated/α-hetero) is 1. The number of fused-ring (bicyclic) bond motifs is 5. The van der Waals surface area contributed by atoms with Crippen molar-refractivity contribution in [2.75, 3.05) is 6.61 Å². The van der Waals surface area contributed by atoms with Crippen LogP contribution in [0.3, 0.4) is 0 Å². The van der Waals surface area contributed by atoms with Gasteiger partial charge >= 0.3 is 11.9 Å². The maximum absolute atomic E-state index is 13.3. The van der Waals surface area contributed by atoms with E-state index in [1.54, 1.807) is 19.1 Å². The van der Waals surface area contributed by atoms with E-state index in [0.29, 0.717) is 12.8 Å². The van der Waals surface area contributed by atoms with Crippen molar-refractivity contribution in [2.45, 2.75) is 71.2 Å². The fourth-order valence-electron chi connectivity index (χ4n) is 7.42. The maximum atomic E-state index is 13.3. The smallest absolute Gasteiger partial charge is 0.303 e. The van der Waals surface area contributed by atoms with E-state index < -0.39 is 53.0 Å². The van der Waals surface area contributed by atoms with Crippen molar-refractivity contribution < 1.29 is 38.9 Å². The fraction of sp³-hybridized carbons (Fsp3) is 0.680. The van der Waals surface area contributed by atoms with E-state index in [4.69, 9.17) is 9.47 Å². The van der Waals surface area contributed by atoms with Crippen LogP contribution in [0.25, 0.3) is 0 Å². The highest BCUT2D eigenvalue weighted by atomic mass is 16.6. The van der Waals surface area contributed by atoms with Crippen molar-refractivity contribution >= 4 is 23.5 Å². The molecule has 8 nitrogen and oxygen atoms in total. The third-order valence-corrected chi connectivity index (χ3v) is 8.83. The minimum absolute atomic E-state index is 0.0581. The summed E-state index contributed by atoms with van der Waals surface area (Å²) in [6, 6.07) is 0. The monoisotopic (exact) mass is 460 g/mol. The van der Waals surface area contributed by atoms with Crippen LogP contribution in [-0.2, 0) is 28.7 Å². The molecule has 0 aromatic rings. The Bertz CT molecular complexity index is 965. The second-order valence-corrected chi connectivity index (χ2v) is 10.5. The van der Waals surface area contributed by atoms with Gasteiger partial charge in [0.2, 0.25) is 5.78 Å². The third-order valence-electron chi connectivity index (χ3n) is 8.83. The summed E-state index contributed by atoms with van der Waals surface area (Å²) in [4.78, 5) is 48.4. The lowest BCUT2D eigenvalue weighted by atomic mass is 9.46. The number of carbonyl (C=O) groups is 4. The Balaban J connectivity index is 1.75. The van der Waals surface area contributed by atoms with Crippen molar-refractivity contribution in [1.29, 1.82) is 0 Å². The number of ether oxygens (including phenoxy) is 2. The molecular formula is C25H32O8. The molecule has 0 saturated heterocycles. The van der Waals surface area contributed by atoms with Crippen LogP contribution in [0.2, 0.25) is 0 Å². The van der Waals surface area contributed by atoms with Gasteiger partial charge in [0.1, 0.15) is 6.10 Å². The highest BCUT2D eigenvalue weighted by Crippen LogP contribution is 2.67. The van der Waals surface area contributed by atoms with Gasteiger partial charge in [-0.05, 0) is 49.7 Å². The fourth-order valence-corrected chi connectivity index (χ4v) is 7.42. The molecule has 4 aliphatic rings. The van der Waals surface area contributed by atoms with Gasteiger partial charge in [-0.3, -0.25) is 19.2 Å². The third kappa shape index (κ3) is 3.41. The lowest BCUT2D eigenvalue weighted by Gasteiger charge is -2.59. The van der Waals surface area contributed by atoms with E-state index >= 15 is 0 Å². The number of carbonyl (C=O) groups excluding carboxylic acids is 4. The number of hydrogen-bond donors (Lipinski definition) is 2. The molecular weight excluding hydrogens is 428 g/mol. The van der Waals surface area contributed by atoms with E-state index in [-0.39, 0.29) is 36.4 Å². The lowest BCUT2D eigenvalue weighted by molar-refractivity contribution is -0.198. The molecule has 4 rings (SSSR count). The molecule has 0 aromatic carbocycles. The maximum Gasteiger partial charge on any atom is 0.303 e. The lowest BCUT2D eigenvalue weighted by Crippen LogP contribution is -2.64. The van der Waals surface area contributed by atoms with Crippen LogP contribution >= 0.6 is 0 Å². The Hall–Kier alpha value is -2.32. The van der Waals surface area contributed by atoms with Crippen LogP contribution in [0.1, 0.15) is 53.4 Å². The zero-order valence-corrected chi connectivity index (χ0v) is 19.5. The van der Waals surface area contributed by atoms with Crippen LogP contribution in [0.4, 0.5) is 0 Å². The summed E-state index contributed by atoms with van der Waals surface area (Å²) in [5.41, 5.74) is -2.69. The summed E-state index contributed by atoms with van der Waals surface area (Å²) >= 11 is 0. The van der Waals surface area contributed by atoms with Gasteiger partial charge in [-0.25, -0.2) is 0 Å². The first-order chi connectivity index (χ1) is 15.3. The SMILES string of the molecule is CC(=O)OCC(=O)[C@@]1(O)[C@H](OC(C)=O)CC2C3CCC4=CC(=O)C=C[C@]4(C)C3[C@@H](O)C[C@@]21C. The van der Waals surface area contributed by atoms with Crippen molar-refractivity contribution in [3.05, 3.63) is 23.8 Å². The molecule has 3 fully saturated rings. The topological polar surface area (TPSA) is 127 Å². The van der Waals surface area contributed by atoms with Crippen LogP contribution in [0, 0.1) is 28.6 Å². The van der Waals surface area contributed by atoms with Gasteiger partial charge in [0, 0.05) is 30.6 Å². The number of rotatable bonds is 4. The molecule has 4 aliphatic carbocycles. The molecule has 2 N–H and O–H groups in total. The molecule has 0 bridgehead atoms. The Morgan fingerprint density at radius 3 is 2.52 bits per heavy atom. The van der Waals surface area contributed by atoms with E-state index in [1.807, 2.05) is 13.0 Å². The molecule has 0 amide bonds. The van der Waals surface area contributed by atoms with E-state index in [1.165, 1.54) is 13.8 Å². The average molecular weight is 461 g/mol. The molecule has 0 heterocycles. The number of hydrogen-bond acceptors (Lipinski definition) is 8. The Labute approximate surface area is 193 Å². The predicted octanol–water partition coefficient (Wildman–Crippen LogP) is 1.67. The van der Waals surface area contributed by atoms with Crippen LogP contribution in [-0.4, -0.2) is 58.1 Å². The second kappa shape index (κ2) is 7.87. The standard InChI is InChI=1S/C25H32O8/c1-13(26)32-12-20(30)25(31)21(33-14(2)27)10-18-17-6-5-15-9-16(28)7-8-23(15,3)22(17)19(29)11-24(18,25)4/h7-9,17-19,21-22,29,31H,5-6,10-12H2,1-4H3/t17?,18?,19-,21+,22?,23-,24-,25+/m0/s1. The molecule has 33 heavy (non-hydrogen) atoms. The summed E-state index contributed by atoms with van der Waals surface area (Å²) in [6.45, 7) is 5.56. The molecule has 0 radical (unpaired) electrons. The van der Waals surface area contributed by atoms with Gasteiger partial charge in [0.25, 0.3) is 0 Å². The van der Waals surface area contributed by atoms with E-state index in [0.717, 1.165) is 5.57 Å². The van der Waals surface area contributed by atoms with Gasteiger partial charge in [0.05, 0.1) is 6.10 Å². The van der Waals surface area contributed by atoms with Gasteiger partial charge in [-0.2, -0.15) is 0 Å². The number of ketones is 2. The summed E-state index contributed by atoms with van der Waals surface area (Å²) in [5, 5.41) is 23.3. The Kier molecular flexibility index (Phi) is 5.69. The summed E-state index contributed by atoms with van der Waals surface area (Å²) in [7, 11) is 0. The highest BCUT2D eigenvalue weighted by Gasteiger charge is 2.72. The number of aliphatic hydroxyl groups is 2. The molecule has 8 atom stereocenters. The van der Waals surface area contributed by atoms with Gasteiger partial charge < -0.3 is 19.7 Å². The van der Waals surface area contributed by atoms with E-state index in [9.17, 15) is 29.4 Å². The van der Waals surface area contributed by atoms with Gasteiger partial charge in [-0.1, -0.05) is 25.5 Å². The summed E-state index contributed by atoms with van der Waals surface area (Å²) in [5.74, 6) is -2.55. The molecule has 180 valence electrons. The number of aliphatic hydroxyl groups excluding tert-OH is 1. The molecule has 0 aliphatic heterocycles. The Morgan fingerprint density at radius 1 is 1.18 bits per heavy atom. The van der Waals surface area contributed by atoms with Crippen molar-refractivity contribution in [3.8, 4) is 0 Å². The van der Waals surface area contributed by atoms with Crippen LogP contribution < -0.4 is 0 Å². The second-order valence-electron chi connectivity index (χ2n) is 10.5. The quantitative estimate of drug-likeness (QED) is 0.607. The normalized spacial score (nSPS) is 43.6. The summed E-state index contributed by atoms with van der Waals surface area (Å²) in [6.07, 6.45) is 4.86. The zero-order valence-electron chi connectivity index (χ0n) is 19.5. The number of allylic oxidation sites excluding steroid dienone is 4. The van der Waals surface area contributed by atoms with E-state index in [2.05, 4.69) is 0 Å². The Morgan fingerprint density at radius 2 is 1.88 bits per heavy atom. The molecule has 3 saturated carbocycles. The largest absolute Gasteiger partial charge is 0.459 e. The summed E-state index contributed by atoms with van der Waals surface area (Å²) < 4.78 is 10.4. The molecule has 3 unspecified atom stereocenters. The molecule has 0 spiro atoms. The minimum atomic E-state index is -2.10. The first-order valence-corrected chi connectivity index (χ1v) is 11.5. The predicted molar refractivity (Wildman–Crippen MR) is 116 cm³/mol. The number of esters is 2. The zero-order chi connectivity index (χ0) is 24.3. The van der Waals surface area contributed by atoms with Crippen molar-refractivity contribution in [1.82, 2.24) is 0 Å². The average Bonchev–Trinajstić information content (AvgIpc) is 2.94. The van der Waals surface area contributed by atoms with Gasteiger partial charge in [0.15, 0.2) is 18.0 Å². The first kappa shape index (κ1) is 23.8. The molecule has 8 heteroatoms. The van der Waals surface area contributed by atoms with Crippen molar-refractivity contribution in [3.63, 3.8) is 0 Å².